The number of aliphatic hydroxyl groups excluding tert-OH is 2. The molecule has 0 spiro atoms. The van der Waals surface area contributed by atoms with Gasteiger partial charge in [-0.05, 0) is 0 Å². The van der Waals surface area contributed by atoms with Gasteiger partial charge in [-0.25, -0.2) is 4.98 Å². The first-order chi connectivity index (χ1) is 10.9. The number of hydrogen-bond donors (Lipinski definition) is 5. The van der Waals surface area contributed by atoms with Crippen LogP contribution in [0.3, 0.4) is 0 Å². The molecule has 2 aromatic heterocycles. The highest BCUT2D eigenvalue weighted by atomic mass is 31.1. The summed E-state index contributed by atoms with van der Waals surface area (Å²) in [4.78, 5) is 30.7. The molecule has 0 saturated carbocycles. The fourth-order valence-electron chi connectivity index (χ4n) is 2.46. The van der Waals surface area contributed by atoms with E-state index in [0.717, 1.165) is 0 Å². The Morgan fingerprint density at radius 3 is 2.96 bits per heavy atom. The summed E-state index contributed by atoms with van der Waals surface area (Å²) in [6.07, 6.45) is -3.62. The number of fused-ring (bicyclic) bond motifs is 1. The van der Waals surface area contributed by atoms with Crippen LogP contribution in [-0.4, -0.2) is 59.5 Å². The lowest BCUT2D eigenvalue weighted by atomic mass is 10.1. The second kappa shape index (κ2) is 5.92. The zero-order chi connectivity index (χ0) is 16.7. The Labute approximate surface area is 128 Å². The van der Waals surface area contributed by atoms with Crippen molar-refractivity contribution in [3.05, 3.63) is 16.7 Å². The highest BCUT2D eigenvalue weighted by Crippen LogP contribution is 2.36. The first-order valence-corrected chi connectivity index (χ1v) is 7.55. The molecule has 1 aliphatic heterocycles. The number of anilines is 1. The lowest BCUT2D eigenvalue weighted by Gasteiger charge is -2.16. The van der Waals surface area contributed by atoms with E-state index in [4.69, 9.17) is 19.9 Å². The number of nitrogens with one attached hydrogen (secondary N) is 1. The highest BCUT2D eigenvalue weighted by Gasteiger charge is 2.50. The number of nitrogens with zero attached hydrogens (tertiary/aromatic N) is 3. The largest absolute Gasteiger partial charge is 0.695 e. The summed E-state index contributed by atoms with van der Waals surface area (Å²) < 4.78 is 22.2. The van der Waals surface area contributed by atoms with Crippen molar-refractivity contribution in [1.82, 2.24) is 19.5 Å². The summed E-state index contributed by atoms with van der Waals surface area (Å²) in [6, 6.07) is 0. The number of imidazole rings is 1. The monoisotopic (exact) mass is 346 g/mol. The van der Waals surface area contributed by atoms with Crippen molar-refractivity contribution in [2.24, 2.45) is 0 Å². The first kappa shape index (κ1) is 15.9. The summed E-state index contributed by atoms with van der Waals surface area (Å²) in [5.41, 5.74) is 4.96. The van der Waals surface area contributed by atoms with Gasteiger partial charge in [-0.2, -0.15) is 4.98 Å². The van der Waals surface area contributed by atoms with Gasteiger partial charge in [0.2, 0.25) is 5.95 Å². The maximum Gasteiger partial charge on any atom is 0.695 e. The maximum absolute atomic E-state index is 11.7. The van der Waals surface area contributed by atoms with E-state index >= 15 is 0 Å². The van der Waals surface area contributed by atoms with E-state index < -0.39 is 45.0 Å². The third kappa shape index (κ3) is 2.72. The number of ether oxygens (including phenoxy) is 1. The third-order valence-electron chi connectivity index (χ3n) is 3.43. The predicted molar refractivity (Wildman–Crippen MR) is 74.3 cm³/mol. The van der Waals surface area contributed by atoms with Crippen LogP contribution < -0.4 is 11.3 Å². The summed E-state index contributed by atoms with van der Waals surface area (Å²) >= 11 is 0. The number of rotatable bonds is 4. The Bertz CT molecular complexity index is 806. The minimum Gasteiger partial charge on any atom is -0.394 e. The van der Waals surface area contributed by atoms with Crippen LogP contribution in [0.5, 0.6) is 0 Å². The Balaban J connectivity index is 2.02. The second-order valence-electron chi connectivity index (χ2n) is 4.82. The maximum atomic E-state index is 11.7. The number of H-pyrrole nitrogens is 1. The molecule has 0 amide bonds. The predicted octanol–water partition coefficient (Wildman–Crippen LogP) is -2.01. The normalized spacial score (nSPS) is 28.4. The van der Waals surface area contributed by atoms with Crippen molar-refractivity contribution in [2.45, 2.75) is 24.5 Å². The van der Waals surface area contributed by atoms with Crippen LogP contribution in [0.2, 0.25) is 0 Å². The number of nitrogen functional groups attached to an aromatic ring is 1. The van der Waals surface area contributed by atoms with E-state index in [0.29, 0.717) is 0 Å². The third-order valence-corrected chi connectivity index (χ3v) is 3.85. The van der Waals surface area contributed by atoms with Gasteiger partial charge in [-0.15, -0.1) is 9.42 Å². The quantitative estimate of drug-likeness (QED) is 0.387. The fraction of sp³-hybridized carbons (Fsp3) is 0.500. The van der Waals surface area contributed by atoms with E-state index in [1.165, 1.54) is 10.9 Å². The Morgan fingerprint density at radius 1 is 1.57 bits per heavy atom. The summed E-state index contributed by atoms with van der Waals surface area (Å²) in [7, 11) is -3.01. The SMILES string of the molecule is Nc1nc2c(ncn2[C@@H]2O[C@H](CO)[C@@H](O[P+](=O)O)[C@H]2O)c(=O)[nH]1. The van der Waals surface area contributed by atoms with Gasteiger partial charge in [0, 0.05) is 4.57 Å². The van der Waals surface area contributed by atoms with Gasteiger partial charge in [0.15, 0.2) is 23.5 Å². The number of aromatic amines is 1. The topological polar surface area (TPSA) is 186 Å². The molecule has 0 aromatic carbocycles. The van der Waals surface area contributed by atoms with Crippen LogP contribution in [0.25, 0.3) is 11.2 Å². The van der Waals surface area contributed by atoms with Crippen molar-refractivity contribution in [2.75, 3.05) is 12.3 Å². The molecular weight excluding hydrogens is 333 g/mol. The first-order valence-electron chi connectivity index (χ1n) is 6.42. The summed E-state index contributed by atoms with van der Waals surface area (Å²) in [5.74, 6) is -0.151. The Kier molecular flexibility index (Phi) is 4.10. The number of aromatic nitrogens is 4. The lowest BCUT2D eigenvalue weighted by Crippen LogP contribution is -2.34. The molecule has 0 radical (unpaired) electrons. The molecule has 12 nitrogen and oxygen atoms in total. The van der Waals surface area contributed by atoms with E-state index in [-0.39, 0.29) is 17.1 Å². The average Bonchev–Trinajstić information content (AvgIpc) is 3.01. The molecule has 124 valence electrons. The number of nitrogens with two attached hydrogens (primary N) is 1. The van der Waals surface area contributed by atoms with Gasteiger partial charge in [0.05, 0.1) is 12.9 Å². The van der Waals surface area contributed by atoms with Crippen molar-refractivity contribution >= 4 is 25.4 Å². The van der Waals surface area contributed by atoms with Gasteiger partial charge in [0.25, 0.3) is 5.56 Å². The van der Waals surface area contributed by atoms with Crippen LogP contribution in [0.1, 0.15) is 6.23 Å². The molecule has 3 rings (SSSR count). The zero-order valence-corrected chi connectivity index (χ0v) is 12.3. The minimum atomic E-state index is -3.01. The number of hydrogen-bond acceptors (Lipinski definition) is 9. The molecule has 1 unspecified atom stereocenters. The average molecular weight is 346 g/mol. The summed E-state index contributed by atoms with van der Waals surface area (Å²) in [6.45, 7) is -0.551. The van der Waals surface area contributed by atoms with Crippen molar-refractivity contribution in [3.8, 4) is 0 Å². The van der Waals surface area contributed by atoms with Gasteiger partial charge < -0.3 is 20.7 Å². The van der Waals surface area contributed by atoms with E-state index in [1.807, 2.05) is 0 Å². The van der Waals surface area contributed by atoms with E-state index in [2.05, 4.69) is 15.0 Å². The molecule has 13 heteroatoms. The molecule has 1 fully saturated rings. The molecule has 23 heavy (non-hydrogen) atoms. The Hall–Kier alpha value is -1.95. The molecule has 5 atom stereocenters. The number of aliphatic hydroxyl groups is 2. The standard InChI is InChI=1S/C10H12N5O7P/c11-10-13-7-4(8(18)14-10)12-2-15(7)9-5(17)6(22-23(19)20)3(1-16)21-9/h2-3,5-6,9,16-17H,1H2,(H3-,11,13,14,18,19,20)/p+1/t3-,5-,6-,9-/m1/s1. The lowest BCUT2D eigenvalue weighted by molar-refractivity contribution is -0.0504. The summed E-state index contributed by atoms with van der Waals surface area (Å²) in [5, 5.41) is 19.6. The van der Waals surface area contributed by atoms with Crippen molar-refractivity contribution < 1.29 is 28.9 Å². The molecule has 3 heterocycles. The highest BCUT2D eigenvalue weighted by molar-refractivity contribution is 7.32. The Morgan fingerprint density at radius 2 is 2.30 bits per heavy atom. The van der Waals surface area contributed by atoms with Gasteiger partial charge in [0.1, 0.15) is 12.2 Å². The molecule has 2 aromatic rings. The van der Waals surface area contributed by atoms with Crippen LogP contribution in [-0.2, 0) is 13.8 Å². The molecule has 1 aliphatic rings. The van der Waals surface area contributed by atoms with E-state index in [9.17, 15) is 19.6 Å². The van der Waals surface area contributed by atoms with Crippen molar-refractivity contribution in [3.63, 3.8) is 0 Å². The van der Waals surface area contributed by atoms with Gasteiger partial charge >= 0.3 is 8.25 Å². The van der Waals surface area contributed by atoms with Crippen LogP contribution in [0.15, 0.2) is 11.1 Å². The van der Waals surface area contributed by atoms with Crippen LogP contribution in [0.4, 0.5) is 5.95 Å². The molecular formula is C10H13N5O7P+. The molecule has 0 aliphatic carbocycles. The van der Waals surface area contributed by atoms with Gasteiger partial charge in [-0.3, -0.25) is 14.3 Å². The molecule has 0 bridgehead atoms. The molecule has 6 N–H and O–H groups in total. The van der Waals surface area contributed by atoms with Crippen LogP contribution in [0, 0.1) is 0 Å². The second-order valence-corrected chi connectivity index (χ2v) is 5.51. The zero-order valence-electron chi connectivity index (χ0n) is 11.4. The molecule has 1 saturated heterocycles. The van der Waals surface area contributed by atoms with Crippen LogP contribution >= 0.6 is 8.25 Å². The smallest absolute Gasteiger partial charge is 0.394 e. The fourth-order valence-corrected chi connectivity index (χ4v) is 2.93. The van der Waals surface area contributed by atoms with E-state index in [1.54, 1.807) is 0 Å². The minimum absolute atomic E-state index is 0.0202. The van der Waals surface area contributed by atoms with Crippen molar-refractivity contribution in [1.29, 1.82) is 0 Å². The van der Waals surface area contributed by atoms with Gasteiger partial charge in [-0.1, -0.05) is 0 Å².